The zero-order valence-corrected chi connectivity index (χ0v) is 20.9. The molecule has 0 bridgehead atoms. The molecule has 1 N–H and O–H groups in total. The lowest BCUT2D eigenvalue weighted by atomic mass is 9.94. The average Bonchev–Trinajstić information content (AvgIpc) is 2.93. The van der Waals surface area contributed by atoms with Crippen molar-refractivity contribution in [3.63, 3.8) is 0 Å². The van der Waals surface area contributed by atoms with Crippen molar-refractivity contribution in [3.05, 3.63) is 146 Å². The van der Waals surface area contributed by atoms with Crippen LogP contribution in [0, 0.1) is 0 Å². The summed E-state index contributed by atoms with van der Waals surface area (Å²) in [6, 6.07) is 46.9. The number of hydrogen-bond donors (Lipinski definition) is 1. The van der Waals surface area contributed by atoms with E-state index in [9.17, 15) is 9.46 Å². The number of para-hydroxylation sites is 2. The van der Waals surface area contributed by atoms with Crippen molar-refractivity contribution in [2.24, 2.45) is 0 Å². The monoisotopic (exact) mass is 504 g/mol. The van der Waals surface area contributed by atoms with Gasteiger partial charge in [0.05, 0.1) is 0 Å². The van der Waals surface area contributed by atoms with Gasteiger partial charge in [-0.3, -0.25) is 4.89 Å². The van der Waals surface area contributed by atoms with E-state index in [1.54, 1.807) is 60.7 Å². The van der Waals surface area contributed by atoms with E-state index in [0.717, 1.165) is 0 Å². The van der Waals surface area contributed by atoms with E-state index in [1.807, 2.05) is 0 Å². The zero-order chi connectivity index (χ0) is 25.5. The van der Waals surface area contributed by atoms with Crippen LogP contribution < -0.4 is 9.05 Å². The number of hydrogen-bond acceptors (Lipinski definition) is 3. The minimum Gasteiger partial charge on any atom is -0.395 e. The van der Waals surface area contributed by atoms with Crippen LogP contribution in [-0.2, 0) is 4.57 Å². The molecular weight excluding hydrogens is 479 g/mol. The third kappa shape index (κ3) is 6.07. The summed E-state index contributed by atoms with van der Waals surface area (Å²) < 4.78 is 21.5. The van der Waals surface area contributed by atoms with Crippen molar-refractivity contribution < 1.29 is 18.5 Å². The predicted octanol–water partition coefficient (Wildman–Crippen LogP) is 8.90. The fourth-order valence-corrected chi connectivity index (χ4v) is 4.98. The second-order valence-electron chi connectivity index (χ2n) is 8.33. The van der Waals surface area contributed by atoms with Crippen LogP contribution in [0.2, 0.25) is 0 Å². The van der Waals surface area contributed by atoms with Gasteiger partial charge in [-0.1, -0.05) is 121 Å². The molecule has 0 fully saturated rings. The lowest BCUT2D eigenvalue weighted by Gasteiger charge is -2.13. The molecule has 0 aromatic heterocycles. The van der Waals surface area contributed by atoms with Crippen LogP contribution in [0.15, 0.2) is 146 Å². The molecule has 6 aromatic carbocycles. The first-order valence-corrected chi connectivity index (χ1v) is 13.4. The quantitative estimate of drug-likeness (QED) is 0.238. The van der Waals surface area contributed by atoms with E-state index in [4.69, 9.17) is 9.05 Å². The minimum absolute atomic E-state index is 0.286. The minimum atomic E-state index is -4.14. The summed E-state index contributed by atoms with van der Waals surface area (Å²) in [5, 5.41) is 5.20. The normalized spacial score (nSPS) is 10.9. The summed E-state index contributed by atoms with van der Waals surface area (Å²) in [7, 11) is -4.14. The van der Waals surface area contributed by atoms with Gasteiger partial charge in [-0.25, -0.2) is 4.57 Å². The van der Waals surface area contributed by atoms with Crippen LogP contribution in [0.1, 0.15) is 0 Å². The van der Waals surface area contributed by atoms with E-state index >= 15 is 0 Å². The Morgan fingerprint density at radius 3 is 1.22 bits per heavy atom. The summed E-state index contributed by atoms with van der Waals surface area (Å²) in [4.78, 5) is 9.53. The second kappa shape index (κ2) is 11.1. The highest BCUT2D eigenvalue weighted by Gasteiger charge is 2.24. The van der Waals surface area contributed by atoms with Crippen LogP contribution in [0.5, 0.6) is 11.5 Å². The standard InChI is InChI=1S/C20H14.C12H11O4P/c1-3-11-17-15(7-1)9-5-13-19(17)20-14-6-10-16-8-2-4-12-18(16)20;13-17(14,15-11-7-3-1-4-8-11)16-12-9-5-2-6-10-12/h1-14H;1-10H,(H,13,14). The summed E-state index contributed by atoms with van der Waals surface area (Å²) in [6.45, 7) is 0. The van der Waals surface area contributed by atoms with Gasteiger partial charge in [0.1, 0.15) is 11.5 Å². The Hall–Kier alpha value is -4.37. The molecule has 6 rings (SSSR count). The number of fused-ring (bicyclic) bond motifs is 2. The first-order valence-electron chi connectivity index (χ1n) is 11.9. The highest BCUT2D eigenvalue weighted by molar-refractivity contribution is 7.48. The summed E-state index contributed by atoms with van der Waals surface area (Å²) in [6.07, 6.45) is 0. The zero-order valence-electron chi connectivity index (χ0n) is 20.0. The largest absolute Gasteiger partial charge is 0.584 e. The van der Waals surface area contributed by atoms with Gasteiger partial charge in [-0.15, -0.1) is 0 Å². The van der Waals surface area contributed by atoms with Gasteiger partial charge in [0, 0.05) is 0 Å². The Bertz CT molecular complexity index is 1530. The molecule has 0 saturated heterocycles. The Labute approximate surface area is 216 Å². The lowest BCUT2D eigenvalue weighted by Crippen LogP contribution is -1.99. The van der Waals surface area contributed by atoms with E-state index in [2.05, 4.69) is 84.9 Å². The molecular formula is C32H25O4P. The smallest absolute Gasteiger partial charge is 0.395 e. The molecule has 0 aliphatic rings. The fraction of sp³-hybridized carbons (Fsp3) is 0. The van der Waals surface area contributed by atoms with Crippen molar-refractivity contribution >= 4 is 29.4 Å². The van der Waals surface area contributed by atoms with Gasteiger partial charge in [0.25, 0.3) is 0 Å². The number of phosphoric ester groups is 1. The predicted molar refractivity (Wildman–Crippen MR) is 151 cm³/mol. The lowest BCUT2D eigenvalue weighted by molar-refractivity contribution is 0.291. The first-order chi connectivity index (χ1) is 18.1. The van der Waals surface area contributed by atoms with Crippen molar-refractivity contribution in [1.82, 2.24) is 0 Å². The summed E-state index contributed by atoms with van der Waals surface area (Å²) in [5.74, 6) is 0.573. The van der Waals surface area contributed by atoms with Crippen LogP contribution in [0.4, 0.5) is 0 Å². The van der Waals surface area contributed by atoms with Gasteiger partial charge < -0.3 is 9.05 Å². The van der Waals surface area contributed by atoms with Crippen LogP contribution >= 0.6 is 7.82 Å². The Balaban J connectivity index is 0.000000154. The topological polar surface area (TPSA) is 55.8 Å². The Morgan fingerprint density at radius 1 is 0.432 bits per heavy atom. The maximum absolute atomic E-state index is 11.7. The third-order valence-corrected chi connectivity index (χ3v) is 6.68. The SMILES string of the molecule is O=P(O)(Oc1ccccc1)Oc1ccccc1.c1ccc2c(-c3cccc4ccccc34)cccc2c1. The van der Waals surface area contributed by atoms with Gasteiger partial charge in [-0.05, 0) is 56.9 Å². The van der Waals surface area contributed by atoms with Crippen molar-refractivity contribution in [2.75, 3.05) is 0 Å². The molecule has 0 saturated carbocycles. The highest BCUT2D eigenvalue weighted by atomic mass is 31.2. The van der Waals surface area contributed by atoms with Crippen molar-refractivity contribution in [3.8, 4) is 22.6 Å². The van der Waals surface area contributed by atoms with Crippen LogP contribution in [0.25, 0.3) is 32.7 Å². The molecule has 182 valence electrons. The van der Waals surface area contributed by atoms with E-state index in [-0.39, 0.29) is 11.5 Å². The van der Waals surface area contributed by atoms with Crippen molar-refractivity contribution in [1.29, 1.82) is 0 Å². The molecule has 0 heterocycles. The Morgan fingerprint density at radius 2 is 0.784 bits per heavy atom. The number of phosphoric acid groups is 1. The van der Waals surface area contributed by atoms with E-state index < -0.39 is 7.82 Å². The van der Waals surface area contributed by atoms with Crippen LogP contribution in [-0.4, -0.2) is 4.89 Å². The fourth-order valence-electron chi connectivity index (χ4n) is 4.17. The first kappa shape index (κ1) is 24.3. The third-order valence-electron chi connectivity index (χ3n) is 5.80. The molecule has 0 aliphatic carbocycles. The second-order valence-corrected chi connectivity index (χ2v) is 9.63. The molecule has 0 unspecified atom stereocenters. The van der Waals surface area contributed by atoms with E-state index in [0.29, 0.717) is 0 Å². The van der Waals surface area contributed by atoms with Gasteiger partial charge in [0.15, 0.2) is 0 Å². The van der Waals surface area contributed by atoms with Gasteiger partial charge in [-0.2, -0.15) is 0 Å². The maximum atomic E-state index is 11.7. The molecule has 5 heteroatoms. The molecule has 37 heavy (non-hydrogen) atoms. The molecule has 4 nitrogen and oxygen atoms in total. The van der Waals surface area contributed by atoms with Gasteiger partial charge in [0.2, 0.25) is 0 Å². The molecule has 0 atom stereocenters. The van der Waals surface area contributed by atoms with Crippen molar-refractivity contribution in [2.45, 2.75) is 0 Å². The summed E-state index contributed by atoms with van der Waals surface area (Å²) in [5.41, 5.74) is 2.61. The maximum Gasteiger partial charge on any atom is 0.584 e. The van der Waals surface area contributed by atoms with Crippen LogP contribution in [0.3, 0.4) is 0 Å². The molecule has 0 amide bonds. The number of benzene rings is 6. The number of rotatable bonds is 5. The molecule has 0 aliphatic heterocycles. The van der Waals surface area contributed by atoms with E-state index in [1.165, 1.54) is 32.7 Å². The molecule has 0 radical (unpaired) electrons. The van der Waals surface area contributed by atoms with Gasteiger partial charge >= 0.3 is 7.82 Å². The summed E-state index contributed by atoms with van der Waals surface area (Å²) >= 11 is 0. The Kier molecular flexibility index (Phi) is 7.32. The highest BCUT2D eigenvalue weighted by Crippen LogP contribution is 2.44. The molecule has 0 spiro atoms. The average molecular weight is 505 g/mol. The molecule has 6 aromatic rings.